The number of hydrogen-bond donors (Lipinski definition) is 3. The lowest BCUT2D eigenvalue weighted by Gasteiger charge is -2.13. The molecule has 0 saturated carbocycles. The van der Waals surface area contributed by atoms with Gasteiger partial charge in [-0.05, 0) is 0 Å². The van der Waals surface area contributed by atoms with Crippen molar-refractivity contribution >= 4 is 5.78 Å². The van der Waals surface area contributed by atoms with Gasteiger partial charge in [0.05, 0.1) is 6.61 Å². The van der Waals surface area contributed by atoms with Gasteiger partial charge in [0.25, 0.3) is 0 Å². The van der Waals surface area contributed by atoms with Crippen LogP contribution in [0.3, 0.4) is 0 Å². The Morgan fingerprint density at radius 2 is 1.95 bits per heavy atom. The fourth-order valence-electron chi connectivity index (χ4n) is 2.32. The summed E-state index contributed by atoms with van der Waals surface area (Å²) in [7, 11) is 0. The zero-order chi connectivity index (χ0) is 15.7. The lowest BCUT2D eigenvalue weighted by atomic mass is 10.1. The van der Waals surface area contributed by atoms with Gasteiger partial charge >= 0.3 is 0 Å². The molecule has 3 rings (SSSR count). The molecule has 8 nitrogen and oxygen atoms in total. The third kappa shape index (κ3) is 2.53. The van der Waals surface area contributed by atoms with Crippen molar-refractivity contribution in [3.05, 3.63) is 48.0 Å². The van der Waals surface area contributed by atoms with Gasteiger partial charge < -0.3 is 20.1 Å². The van der Waals surface area contributed by atoms with Gasteiger partial charge in [-0.2, -0.15) is 0 Å². The Labute approximate surface area is 125 Å². The maximum Gasteiger partial charge on any atom is 0.232 e. The molecule has 0 aliphatic carbocycles. The third-order valence-corrected chi connectivity index (χ3v) is 3.53. The molecule has 0 amide bonds. The normalized spacial score (nSPS) is 28.0. The van der Waals surface area contributed by atoms with Gasteiger partial charge in [-0.3, -0.25) is 4.79 Å². The molecule has 1 aromatic carbocycles. The van der Waals surface area contributed by atoms with E-state index in [9.17, 15) is 15.0 Å². The van der Waals surface area contributed by atoms with Crippen LogP contribution >= 0.6 is 0 Å². The summed E-state index contributed by atoms with van der Waals surface area (Å²) in [5.41, 5.74) is 0.446. The topological polar surface area (TPSA) is 118 Å². The van der Waals surface area contributed by atoms with Crippen molar-refractivity contribution < 1.29 is 24.9 Å². The number of nitrogens with zero attached hydrogens (tertiary/aromatic N) is 3. The molecular weight excluding hydrogens is 290 g/mol. The molecule has 0 radical (unpaired) electrons. The second-order valence-electron chi connectivity index (χ2n) is 4.97. The Balaban J connectivity index is 1.81. The summed E-state index contributed by atoms with van der Waals surface area (Å²) in [6.45, 7) is -0.431. The molecule has 0 bridgehead atoms. The predicted octanol–water partition coefficient (Wildman–Crippen LogP) is -0.879. The number of ketones is 1. The standard InChI is InChI=1S/C14H15N3O5/c18-6-9-11(20)12(21)14(22-9)17-7-15-13(16-17)10(19)8-4-2-1-3-5-8/h1-5,7,9,11-12,14,18,20-21H,6H2/t9-,11?,12+,14-/m1/s1. The van der Waals surface area contributed by atoms with Gasteiger partial charge in [0.15, 0.2) is 6.23 Å². The van der Waals surface area contributed by atoms with Crippen molar-refractivity contribution in [3.63, 3.8) is 0 Å². The number of ether oxygens (including phenoxy) is 1. The van der Waals surface area contributed by atoms with Crippen molar-refractivity contribution in [1.29, 1.82) is 0 Å². The maximum absolute atomic E-state index is 12.2. The summed E-state index contributed by atoms with van der Waals surface area (Å²) in [5, 5.41) is 32.7. The van der Waals surface area contributed by atoms with Gasteiger partial charge in [-0.25, -0.2) is 9.67 Å². The number of aliphatic hydroxyl groups is 3. The zero-order valence-corrected chi connectivity index (χ0v) is 11.5. The van der Waals surface area contributed by atoms with E-state index in [-0.39, 0.29) is 11.6 Å². The number of benzene rings is 1. The molecule has 1 aliphatic rings. The van der Waals surface area contributed by atoms with Crippen LogP contribution in [-0.4, -0.2) is 60.8 Å². The molecule has 1 fully saturated rings. The molecule has 1 aromatic heterocycles. The number of hydrogen-bond acceptors (Lipinski definition) is 7. The Morgan fingerprint density at radius 1 is 1.23 bits per heavy atom. The van der Waals surface area contributed by atoms with Crippen LogP contribution in [-0.2, 0) is 4.74 Å². The van der Waals surface area contributed by atoms with Crippen LogP contribution in [0.1, 0.15) is 22.4 Å². The largest absolute Gasteiger partial charge is 0.394 e. The van der Waals surface area contributed by atoms with Gasteiger partial charge in [0.1, 0.15) is 24.6 Å². The first kappa shape index (κ1) is 14.8. The fourth-order valence-corrected chi connectivity index (χ4v) is 2.32. The van der Waals surface area contributed by atoms with Crippen molar-refractivity contribution in [2.75, 3.05) is 6.61 Å². The SMILES string of the molecule is O=C(c1ccccc1)c1ncn([C@@H]2O[C@H](CO)C(O)[C@@H]2O)n1. The van der Waals surface area contributed by atoms with E-state index in [2.05, 4.69) is 10.1 Å². The number of aliphatic hydroxyl groups excluding tert-OH is 3. The van der Waals surface area contributed by atoms with Crippen molar-refractivity contribution in [1.82, 2.24) is 14.8 Å². The maximum atomic E-state index is 12.2. The third-order valence-electron chi connectivity index (χ3n) is 3.53. The summed E-state index contributed by atoms with van der Waals surface area (Å²) < 4.78 is 6.49. The number of carbonyl (C=O) groups excluding carboxylic acids is 1. The highest BCUT2D eigenvalue weighted by Crippen LogP contribution is 2.28. The van der Waals surface area contributed by atoms with Gasteiger partial charge in [-0.1, -0.05) is 30.3 Å². The molecule has 1 aliphatic heterocycles. The van der Waals surface area contributed by atoms with E-state index in [0.29, 0.717) is 5.56 Å². The molecule has 2 heterocycles. The molecular formula is C14H15N3O5. The highest BCUT2D eigenvalue weighted by Gasteiger charge is 2.44. The molecule has 0 spiro atoms. The highest BCUT2D eigenvalue weighted by atomic mass is 16.6. The van der Waals surface area contributed by atoms with E-state index in [0.717, 1.165) is 0 Å². The second kappa shape index (κ2) is 5.93. The average molecular weight is 305 g/mol. The first-order valence-corrected chi connectivity index (χ1v) is 6.75. The van der Waals surface area contributed by atoms with Crippen LogP contribution in [0.4, 0.5) is 0 Å². The molecule has 3 N–H and O–H groups in total. The van der Waals surface area contributed by atoms with Crippen molar-refractivity contribution in [2.45, 2.75) is 24.5 Å². The van der Waals surface area contributed by atoms with Crippen LogP contribution in [0, 0.1) is 0 Å². The Bertz CT molecular complexity index is 660. The molecule has 8 heteroatoms. The predicted molar refractivity (Wildman–Crippen MR) is 72.9 cm³/mol. The molecule has 2 aromatic rings. The van der Waals surface area contributed by atoms with E-state index in [1.807, 2.05) is 0 Å². The summed E-state index contributed by atoms with van der Waals surface area (Å²) >= 11 is 0. The summed E-state index contributed by atoms with van der Waals surface area (Å²) in [6, 6.07) is 8.56. The first-order valence-electron chi connectivity index (χ1n) is 6.75. The minimum absolute atomic E-state index is 0.0380. The van der Waals surface area contributed by atoms with Crippen LogP contribution in [0.15, 0.2) is 36.7 Å². The average Bonchev–Trinajstić information content (AvgIpc) is 3.14. The lowest BCUT2D eigenvalue weighted by Crippen LogP contribution is -2.33. The van der Waals surface area contributed by atoms with Gasteiger partial charge in [0.2, 0.25) is 11.6 Å². The summed E-state index contributed by atoms with van der Waals surface area (Å²) in [6.07, 6.45) is -3.16. The van der Waals surface area contributed by atoms with E-state index < -0.39 is 31.1 Å². The lowest BCUT2D eigenvalue weighted by molar-refractivity contribution is -0.0588. The monoisotopic (exact) mass is 305 g/mol. The van der Waals surface area contributed by atoms with Crippen LogP contribution in [0.2, 0.25) is 0 Å². The zero-order valence-electron chi connectivity index (χ0n) is 11.5. The van der Waals surface area contributed by atoms with Crippen LogP contribution in [0.25, 0.3) is 0 Å². The van der Waals surface area contributed by atoms with E-state index in [1.54, 1.807) is 30.3 Å². The van der Waals surface area contributed by atoms with Gasteiger partial charge in [-0.15, -0.1) is 5.10 Å². The van der Waals surface area contributed by atoms with Gasteiger partial charge in [0, 0.05) is 5.56 Å². The van der Waals surface area contributed by atoms with Crippen LogP contribution in [0.5, 0.6) is 0 Å². The number of aromatic nitrogens is 3. The Morgan fingerprint density at radius 3 is 2.59 bits per heavy atom. The fraction of sp³-hybridized carbons (Fsp3) is 0.357. The van der Waals surface area contributed by atoms with E-state index >= 15 is 0 Å². The Hall–Kier alpha value is -2.13. The summed E-state index contributed by atoms with van der Waals surface area (Å²) in [4.78, 5) is 16.1. The smallest absolute Gasteiger partial charge is 0.232 e. The number of carbonyl (C=O) groups is 1. The minimum Gasteiger partial charge on any atom is -0.394 e. The van der Waals surface area contributed by atoms with E-state index in [4.69, 9.17) is 9.84 Å². The second-order valence-corrected chi connectivity index (χ2v) is 4.97. The molecule has 22 heavy (non-hydrogen) atoms. The quantitative estimate of drug-likeness (QED) is 0.628. The van der Waals surface area contributed by atoms with E-state index in [1.165, 1.54) is 11.0 Å². The van der Waals surface area contributed by atoms with Crippen LogP contribution < -0.4 is 0 Å². The Kier molecular flexibility index (Phi) is 3.99. The van der Waals surface area contributed by atoms with Crippen molar-refractivity contribution in [3.8, 4) is 0 Å². The first-order chi connectivity index (χ1) is 10.6. The molecule has 4 atom stereocenters. The highest BCUT2D eigenvalue weighted by molar-refractivity contribution is 6.06. The molecule has 1 unspecified atom stereocenters. The molecule has 1 saturated heterocycles. The van der Waals surface area contributed by atoms with Crippen molar-refractivity contribution in [2.24, 2.45) is 0 Å². The summed E-state index contributed by atoms with van der Waals surface area (Å²) in [5.74, 6) is -0.393. The minimum atomic E-state index is -1.27. The molecule has 116 valence electrons. The number of rotatable bonds is 4.